The third-order valence-corrected chi connectivity index (χ3v) is 17.6. The molecule has 0 spiro atoms. The second kappa shape index (κ2) is 20.4. The van der Waals surface area contributed by atoms with Crippen LogP contribution in [-0.2, 0) is 10.8 Å². The maximum Gasteiger partial charge on any atom is 0.161 e. The first-order valence-corrected chi connectivity index (χ1v) is 28.4. The van der Waals surface area contributed by atoms with Crippen LogP contribution in [0.2, 0.25) is 0 Å². The molecule has 0 amide bonds. The SMILES string of the molecule is C=Cc1ccc(C2(c3ccccc3)c3ccccc3-c3ccc(N(c4cc(F)c(F)cc4F)c4cccc5oc6cccc(N(c7ccc8c(c7)C(c7ccccc7)(c7ccc(C=C)cc7)c7ccccc7-8)c7cc(F)c(F)cc7F)c6c45)cc32)cc1. The highest BCUT2D eigenvalue weighted by molar-refractivity contribution is 6.19. The van der Waals surface area contributed by atoms with E-state index in [2.05, 4.69) is 86.0 Å². The van der Waals surface area contributed by atoms with Crippen LogP contribution in [0.4, 0.5) is 60.5 Å². The molecule has 3 nitrogen and oxygen atoms in total. The van der Waals surface area contributed by atoms with Gasteiger partial charge in [-0.1, -0.05) is 207 Å². The van der Waals surface area contributed by atoms with Crippen molar-refractivity contribution in [2.24, 2.45) is 0 Å². The molecule has 2 atom stereocenters. The van der Waals surface area contributed by atoms with Crippen LogP contribution in [0.15, 0.2) is 272 Å². The number of nitrogens with zero attached hydrogens (tertiary/aromatic N) is 2. The fourth-order valence-corrected chi connectivity index (χ4v) is 13.9. The number of benzene rings is 12. The summed E-state index contributed by atoms with van der Waals surface area (Å²) in [6.07, 6.45) is 3.57. The summed E-state index contributed by atoms with van der Waals surface area (Å²) in [5.41, 5.74) is 12.3. The number of anilines is 6. The van der Waals surface area contributed by atoms with Gasteiger partial charge in [0, 0.05) is 35.6 Å². The van der Waals surface area contributed by atoms with Crippen LogP contribution in [0.1, 0.15) is 55.6 Å². The molecule has 9 heteroatoms. The van der Waals surface area contributed by atoms with E-state index < -0.39 is 45.7 Å². The van der Waals surface area contributed by atoms with E-state index in [-0.39, 0.29) is 22.7 Å². The van der Waals surface area contributed by atoms with Crippen molar-refractivity contribution in [3.63, 3.8) is 0 Å². The Bertz CT molecular complexity index is 4630. The molecule has 1 heterocycles. The van der Waals surface area contributed by atoms with Gasteiger partial charge in [-0.05, 0) is 126 Å². The normalized spacial score (nSPS) is 15.4. The molecular formula is C78H48F6N2O. The average Bonchev–Trinajstić information content (AvgIpc) is 1.58. The van der Waals surface area contributed by atoms with Crippen LogP contribution in [0, 0.1) is 34.9 Å². The van der Waals surface area contributed by atoms with Crippen LogP contribution < -0.4 is 9.80 Å². The quantitative estimate of drug-likeness (QED) is 0.0898. The predicted molar refractivity (Wildman–Crippen MR) is 338 cm³/mol. The Kier molecular flexibility index (Phi) is 12.4. The number of hydrogen-bond donors (Lipinski definition) is 0. The molecule has 0 saturated heterocycles. The maximum absolute atomic E-state index is 17.3. The molecule has 0 N–H and O–H groups in total. The van der Waals surface area contributed by atoms with Crippen LogP contribution in [0.3, 0.4) is 0 Å². The fourth-order valence-electron chi connectivity index (χ4n) is 13.9. The zero-order valence-electron chi connectivity index (χ0n) is 46.4. The van der Waals surface area contributed by atoms with Crippen molar-refractivity contribution in [1.29, 1.82) is 0 Å². The van der Waals surface area contributed by atoms with E-state index in [1.54, 1.807) is 58.4 Å². The molecule has 2 aliphatic rings. The molecule has 13 aromatic rings. The molecule has 15 rings (SSSR count). The lowest BCUT2D eigenvalue weighted by molar-refractivity contribution is 0.495. The van der Waals surface area contributed by atoms with E-state index >= 15 is 26.3 Å². The number of furan rings is 1. The summed E-state index contributed by atoms with van der Waals surface area (Å²) >= 11 is 0. The average molecular weight is 1140 g/mol. The standard InChI is InChI=1S/C78H48F6N2O/c1-3-47-29-33-51(34-30-47)77(49-17-7-5-8-18-49)59-23-13-11-21-55(59)57-39-37-53(41-61(57)77)85(71-45-65(81)63(79)43-67(71)83)69-25-15-27-73-75(69)76-70(26-16-28-74(76)87-73)86(72-46-66(82)64(80)44-68(72)84)54-38-40-58-56-22-12-14-24-60(56)78(62(58)42-54,50-19-9-6-10-20-50)52-35-31-48(4-2)32-36-52/h3-46H,1-2H2. The lowest BCUT2D eigenvalue weighted by atomic mass is 9.67. The van der Waals surface area contributed by atoms with Crippen LogP contribution >= 0.6 is 0 Å². The molecule has 12 aromatic carbocycles. The second-order valence-electron chi connectivity index (χ2n) is 21.9. The van der Waals surface area contributed by atoms with E-state index in [9.17, 15) is 0 Å². The van der Waals surface area contributed by atoms with Crippen molar-refractivity contribution in [2.75, 3.05) is 9.80 Å². The van der Waals surface area contributed by atoms with Gasteiger partial charge >= 0.3 is 0 Å². The summed E-state index contributed by atoms with van der Waals surface area (Å²) in [7, 11) is 0. The molecule has 2 aliphatic carbocycles. The van der Waals surface area contributed by atoms with Crippen LogP contribution in [-0.4, -0.2) is 0 Å². The molecule has 87 heavy (non-hydrogen) atoms. The van der Waals surface area contributed by atoms with Gasteiger partial charge in [-0.25, -0.2) is 26.3 Å². The first kappa shape index (κ1) is 52.9. The zero-order valence-corrected chi connectivity index (χ0v) is 46.4. The summed E-state index contributed by atoms with van der Waals surface area (Å²) in [5.74, 6) is -7.48. The molecule has 1 aromatic heterocycles. The molecule has 0 fully saturated rings. The number of fused-ring (bicyclic) bond motifs is 9. The van der Waals surface area contributed by atoms with Crippen molar-refractivity contribution in [3.05, 3.63) is 358 Å². The Hall–Kier alpha value is -10.9. The van der Waals surface area contributed by atoms with Gasteiger partial charge < -0.3 is 14.2 Å². The fraction of sp³-hybridized carbons (Fsp3) is 0.0256. The lowest BCUT2D eigenvalue weighted by Gasteiger charge is -2.35. The van der Waals surface area contributed by atoms with E-state index in [4.69, 9.17) is 4.42 Å². The zero-order chi connectivity index (χ0) is 59.3. The third kappa shape index (κ3) is 7.92. The Labute approximate surface area is 497 Å². The van der Waals surface area contributed by atoms with Gasteiger partial charge in [0.15, 0.2) is 23.3 Å². The lowest BCUT2D eigenvalue weighted by Crippen LogP contribution is -2.29. The smallest absolute Gasteiger partial charge is 0.161 e. The topological polar surface area (TPSA) is 19.6 Å². The van der Waals surface area contributed by atoms with Crippen LogP contribution in [0.5, 0.6) is 0 Å². The number of halogens is 6. The predicted octanol–water partition coefficient (Wildman–Crippen LogP) is 21.4. The molecule has 0 radical (unpaired) electrons. The summed E-state index contributed by atoms with van der Waals surface area (Å²) in [6, 6.07) is 77.6. The van der Waals surface area contributed by atoms with Crippen molar-refractivity contribution < 1.29 is 30.8 Å². The minimum absolute atomic E-state index is 0.265. The monoisotopic (exact) mass is 1140 g/mol. The summed E-state index contributed by atoms with van der Waals surface area (Å²) in [5, 5.41) is 0.709. The van der Waals surface area contributed by atoms with Gasteiger partial charge in [-0.15, -0.1) is 0 Å². The molecular weight excluding hydrogens is 1090 g/mol. The van der Waals surface area contributed by atoms with E-state index in [0.29, 0.717) is 45.4 Å². The molecule has 2 unspecified atom stereocenters. The van der Waals surface area contributed by atoms with Crippen molar-refractivity contribution in [1.82, 2.24) is 0 Å². The minimum atomic E-state index is -1.38. The first-order chi connectivity index (χ1) is 42.5. The summed E-state index contributed by atoms with van der Waals surface area (Å²) in [4.78, 5) is 3.10. The van der Waals surface area contributed by atoms with Gasteiger partial charge in [-0.2, -0.15) is 0 Å². The van der Waals surface area contributed by atoms with Gasteiger partial charge in [0.1, 0.15) is 22.8 Å². The molecule has 0 bridgehead atoms. The minimum Gasteiger partial charge on any atom is -0.456 e. The maximum atomic E-state index is 17.3. The Morgan fingerprint density at radius 2 is 0.655 bits per heavy atom. The van der Waals surface area contributed by atoms with Gasteiger partial charge in [0.25, 0.3) is 0 Å². The largest absolute Gasteiger partial charge is 0.456 e. The molecule has 0 aliphatic heterocycles. The van der Waals surface area contributed by atoms with Gasteiger partial charge in [0.2, 0.25) is 0 Å². The van der Waals surface area contributed by atoms with Crippen molar-refractivity contribution >= 4 is 68.2 Å². The molecule has 0 saturated carbocycles. The highest BCUT2D eigenvalue weighted by atomic mass is 19.2. The summed E-state index contributed by atoms with van der Waals surface area (Å²) in [6.45, 7) is 8.02. The van der Waals surface area contributed by atoms with Crippen molar-refractivity contribution in [3.8, 4) is 22.3 Å². The van der Waals surface area contributed by atoms with E-state index in [1.165, 1.54) is 0 Å². The van der Waals surface area contributed by atoms with Crippen LogP contribution in [0.25, 0.3) is 56.3 Å². The Morgan fingerprint density at radius 1 is 0.299 bits per heavy atom. The number of hydrogen-bond acceptors (Lipinski definition) is 3. The van der Waals surface area contributed by atoms with E-state index in [0.717, 1.165) is 90.0 Å². The summed E-state index contributed by atoms with van der Waals surface area (Å²) < 4.78 is 104. The van der Waals surface area contributed by atoms with Gasteiger partial charge in [-0.3, -0.25) is 0 Å². The highest BCUT2D eigenvalue weighted by Crippen LogP contribution is 2.60. The second-order valence-corrected chi connectivity index (χ2v) is 21.9. The highest BCUT2D eigenvalue weighted by Gasteiger charge is 2.48. The number of rotatable bonds is 12. The van der Waals surface area contributed by atoms with Gasteiger partial charge in [0.05, 0.1) is 44.4 Å². The third-order valence-electron chi connectivity index (χ3n) is 17.6. The first-order valence-electron chi connectivity index (χ1n) is 28.4. The Balaban J connectivity index is 1.01. The Morgan fingerprint density at radius 3 is 1.06 bits per heavy atom. The molecule has 418 valence electrons. The van der Waals surface area contributed by atoms with Crippen molar-refractivity contribution in [2.45, 2.75) is 10.8 Å². The van der Waals surface area contributed by atoms with E-state index in [1.807, 2.05) is 121 Å².